The number of nitrogens with one attached hydrogen (secondary N) is 2. The first kappa shape index (κ1) is 23.8. The van der Waals surface area contributed by atoms with Crippen LogP contribution in [0.25, 0.3) is 0 Å². The first-order valence-corrected chi connectivity index (χ1v) is 13.3. The summed E-state index contributed by atoms with van der Waals surface area (Å²) in [4.78, 5) is 38.1. The molecule has 10 nitrogen and oxygen atoms in total. The second-order valence-corrected chi connectivity index (χ2v) is 11.4. The third kappa shape index (κ3) is 4.09. The lowest BCUT2D eigenvalue weighted by Crippen LogP contribution is -2.71. The van der Waals surface area contributed by atoms with Crippen LogP contribution in [0.1, 0.15) is 0 Å². The molecule has 4 saturated heterocycles. The molecule has 0 unspecified atom stereocenters. The van der Waals surface area contributed by atoms with E-state index in [2.05, 4.69) is 62.3 Å². The molecule has 12 heteroatoms. The summed E-state index contributed by atoms with van der Waals surface area (Å²) in [5, 5.41) is 6.62. The number of rotatable bonds is 6. The van der Waals surface area contributed by atoms with Gasteiger partial charge in [-0.3, -0.25) is 9.97 Å². The topological polar surface area (TPSA) is 109 Å². The number of hydrogen-bond donors (Lipinski definition) is 2. The Bertz CT molecular complexity index is 1150. The lowest BCUT2D eigenvalue weighted by molar-refractivity contribution is -0.160. The molecule has 2 aromatic heterocycles. The van der Waals surface area contributed by atoms with Gasteiger partial charge < -0.3 is 29.9 Å². The lowest BCUT2D eigenvalue weighted by Gasteiger charge is -2.53. The zero-order valence-corrected chi connectivity index (χ0v) is 22.4. The standard InChI is InChI=1S/C24H24Br2N6O4/c25-15-3-17(7-27-5-15)31-13-23(11-29-9-19(23)31)35-21(33)1-2-22(34)36-24-12-30-10-20(24)32(14-24)18-4-16(26)6-28-8-18/h1-8,19-20,29-30H,9-14H2/b2-1+/t19-,20-,23-,24-/m1/s1. The highest BCUT2D eigenvalue weighted by molar-refractivity contribution is 9.10. The van der Waals surface area contributed by atoms with Gasteiger partial charge in [0.1, 0.15) is 0 Å². The summed E-state index contributed by atoms with van der Waals surface area (Å²) in [5.74, 6) is -1.11. The molecule has 0 amide bonds. The highest BCUT2D eigenvalue weighted by Gasteiger charge is 2.60. The normalized spacial score (nSPS) is 30.4. The van der Waals surface area contributed by atoms with E-state index in [9.17, 15) is 9.59 Å². The van der Waals surface area contributed by atoms with E-state index in [0.29, 0.717) is 39.3 Å². The summed E-state index contributed by atoms with van der Waals surface area (Å²) in [6.07, 6.45) is 9.39. The van der Waals surface area contributed by atoms with Crippen LogP contribution in [0.3, 0.4) is 0 Å². The molecule has 0 radical (unpaired) electrons. The van der Waals surface area contributed by atoms with Gasteiger partial charge in [0, 0.05) is 59.7 Å². The zero-order valence-electron chi connectivity index (χ0n) is 19.2. The van der Waals surface area contributed by atoms with Crippen molar-refractivity contribution >= 4 is 55.2 Å². The molecular weight excluding hydrogens is 596 g/mol. The van der Waals surface area contributed by atoms with E-state index in [1.165, 1.54) is 12.2 Å². The average molecular weight is 620 g/mol. The van der Waals surface area contributed by atoms with Crippen LogP contribution < -0.4 is 20.4 Å². The molecule has 4 atom stereocenters. The minimum Gasteiger partial charge on any atom is -0.450 e. The Kier molecular flexibility index (Phi) is 6.02. The molecule has 0 bridgehead atoms. The van der Waals surface area contributed by atoms with E-state index in [1.54, 1.807) is 24.8 Å². The Balaban J connectivity index is 1.05. The number of ether oxygens (including phenoxy) is 2. The average Bonchev–Trinajstić information content (AvgIpc) is 3.30. The van der Waals surface area contributed by atoms with E-state index in [4.69, 9.17) is 9.47 Å². The summed E-state index contributed by atoms with van der Waals surface area (Å²) in [6, 6.07) is 4.00. The van der Waals surface area contributed by atoms with Crippen molar-refractivity contribution in [3.05, 3.63) is 58.0 Å². The number of pyridine rings is 2. The molecule has 2 aromatic rings. The monoisotopic (exact) mass is 618 g/mol. The predicted molar refractivity (Wildman–Crippen MR) is 139 cm³/mol. The summed E-state index contributed by atoms with van der Waals surface area (Å²) in [6.45, 7) is 3.65. The number of anilines is 2. The van der Waals surface area contributed by atoms with Gasteiger partial charge in [-0.2, -0.15) is 0 Å². The fraction of sp³-hybridized carbons (Fsp3) is 0.417. The number of esters is 2. The van der Waals surface area contributed by atoms with Crippen LogP contribution in [0.5, 0.6) is 0 Å². The maximum absolute atomic E-state index is 12.6. The van der Waals surface area contributed by atoms with Gasteiger partial charge in [-0.05, 0) is 44.0 Å². The quantitative estimate of drug-likeness (QED) is 0.364. The second-order valence-electron chi connectivity index (χ2n) is 9.58. The van der Waals surface area contributed by atoms with E-state index in [0.717, 1.165) is 20.3 Å². The van der Waals surface area contributed by atoms with Gasteiger partial charge in [0.25, 0.3) is 0 Å². The van der Waals surface area contributed by atoms with Crippen LogP contribution in [0, 0.1) is 0 Å². The second kappa shape index (κ2) is 9.09. The van der Waals surface area contributed by atoms with Crippen LogP contribution in [0.15, 0.2) is 58.0 Å². The molecule has 0 spiro atoms. The van der Waals surface area contributed by atoms with Gasteiger partial charge in [0.05, 0.1) is 48.9 Å². The largest absolute Gasteiger partial charge is 0.450 e. The van der Waals surface area contributed by atoms with Crippen LogP contribution in [-0.2, 0) is 19.1 Å². The molecule has 0 saturated carbocycles. The van der Waals surface area contributed by atoms with Crippen LogP contribution in [-0.4, -0.2) is 84.5 Å². The van der Waals surface area contributed by atoms with Gasteiger partial charge in [-0.1, -0.05) is 0 Å². The third-order valence-corrected chi connectivity index (χ3v) is 8.24. The SMILES string of the molecule is O=C(/C=C/C(=O)O[C@@]12CNC[C@H]1N(c1cncc(Br)c1)C2)O[C@@]12CNC[C@H]1N(c1cncc(Br)c1)C2. The summed E-state index contributed by atoms with van der Waals surface area (Å²) >= 11 is 6.90. The first-order chi connectivity index (χ1) is 17.4. The molecule has 0 aliphatic carbocycles. The van der Waals surface area contributed by atoms with Crippen LogP contribution in [0.4, 0.5) is 11.4 Å². The first-order valence-electron chi connectivity index (χ1n) is 11.7. The van der Waals surface area contributed by atoms with Gasteiger partial charge in [0.15, 0.2) is 11.2 Å². The molecule has 188 valence electrons. The van der Waals surface area contributed by atoms with Gasteiger partial charge in [-0.25, -0.2) is 9.59 Å². The maximum Gasteiger partial charge on any atom is 0.331 e. The number of hydrogen-bond acceptors (Lipinski definition) is 10. The minimum absolute atomic E-state index is 0.00980. The van der Waals surface area contributed by atoms with Crippen molar-refractivity contribution in [1.29, 1.82) is 0 Å². The third-order valence-electron chi connectivity index (χ3n) is 7.37. The smallest absolute Gasteiger partial charge is 0.331 e. The van der Waals surface area contributed by atoms with Crippen molar-refractivity contribution < 1.29 is 19.1 Å². The van der Waals surface area contributed by atoms with Gasteiger partial charge in [0.2, 0.25) is 0 Å². The molecule has 2 N–H and O–H groups in total. The van der Waals surface area contributed by atoms with E-state index >= 15 is 0 Å². The maximum atomic E-state index is 12.6. The Hall–Kier alpha value is -2.54. The van der Waals surface area contributed by atoms with E-state index < -0.39 is 23.1 Å². The van der Waals surface area contributed by atoms with Crippen molar-refractivity contribution in [2.24, 2.45) is 0 Å². The Morgan fingerprint density at radius 3 is 1.69 bits per heavy atom. The molecule has 36 heavy (non-hydrogen) atoms. The molecule has 4 aliphatic heterocycles. The Morgan fingerprint density at radius 1 is 0.833 bits per heavy atom. The fourth-order valence-electron chi connectivity index (χ4n) is 5.67. The molecule has 6 heterocycles. The van der Waals surface area contributed by atoms with Crippen molar-refractivity contribution in [2.45, 2.75) is 23.3 Å². The zero-order chi connectivity index (χ0) is 24.9. The minimum atomic E-state index is -0.626. The highest BCUT2D eigenvalue weighted by Crippen LogP contribution is 2.41. The Morgan fingerprint density at radius 2 is 1.28 bits per heavy atom. The van der Waals surface area contributed by atoms with Crippen LogP contribution >= 0.6 is 31.9 Å². The number of nitrogens with zero attached hydrogens (tertiary/aromatic N) is 4. The molecule has 4 fully saturated rings. The Labute approximate surface area is 224 Å². The van der Waals surface area contributed by atoms with Crippen molar-refractivity contribution in [2.75, 3.05) is 49.1 Å². The number of aromatic nitrogens is 2. The van der Waals surface area contributed by atoms with Crippen molar-refractivity contribution in [3.63, 3.8) is 0 Å². The van der Waals surface area contributed by atoms with E-state index in [1.807, 2.05) is 12.1 Å². The van der Waals surface area contributed by atoms with Crippen molar-refractivity contribution in [1.82, 2.24) is 20.6 Å². The van der Waals surface area contributed by atoms with E-state index in [-0.39, 0.29) is 12.1 Å². The number of carbonyl (C=O) groups is 2. The fourth-order valence-corrected chi connectivity index (χ4v) is 6.37. The van der Waals surface area contributed by atoms with Crippen LogP contribution in [0.2, 0.25) is 0 Å². The number of carbonyl (C=O) groups excluding carboxylic acids is 2. The number of fused-ring (bicyclic) bond motifs is 2. The summed E-state index contributed by atoms with van der Waals surface area (Å²) in [7, 11) is 0. The summed E-state index contributed by atoms with van der Waals surface area (Å²) < 4.78 is 13.5. The predicted octanol–water partition coefficient (Wildman–Crippen LogP) is 1.41. The molecular formula is C24H24Br2N6O4. The van der Waals surface area contributed by atoms with Crippen molar-refractivity contribution in [3.8, 4) is 0 Å². The molecule has 6 rings (SSSR count). The number of halogens is 2. The summed E-state index contributed by atoms with van der Waals surface area (Å²) in [5.41, 5.74) is 0.686. The van der Waals surface area contributed by atoms with Gasteiger partial charge in [-0.15, -0.1) is 0 Å². The highest BCUT2D eigenvalue weighted by atomic mass is 79.9. The molecule has 0 aromatic carbocycles. The molecule has 4 aliphatic rings. The lowest BCUT2D eigenvalue weighted by atomic mass is 9.85. The van der Waals surface area contributed by atoms with Gasteiger partial charge >= 0.3 is 11.9 Å².